The minimum absolute atomic E-state index is 0.196. The summed E-state index contributed by atoms with van der Waals surface area (Å²) in [4.78, 5) is 0. The van der Waals surface area contributed by atoms with E-state index in [9.17, 15) is 4.39 Å². The van der Waals surface area contributed by atoms with Gasteiger partial charge < -0.3 is 14.6 Å². The SMILES string of the molecule is CCCNCc1ccc(OCc2cc(C)on2)c(F)c1. The van der Waals surface area contributed by atoms with Crippen LogP contribution in [0, 0.1) is 12.7 Å². The van der Waals surface area contributed by atoms with Gasteiger partial charge in [0, 0.05) is 12.6 Å². The first-order valence-electron chi connectivity index (χ1n) is 6.73. The summed E-state index contributed by atoms with van der Waals surface area (Å²) in [6, 6.07) is 6.76. The number of nitrogens with one attached hydrogen (secondary N) is 1. The van der Waals surface area contributed by atoms with Gasteiger partial charge in [-0.15, -0.1) is 0 Å². The lowest BCUT2D eigenvalue weighted by molar-refractivity contribution is 0.275. The van der Waals surface area contributed by atoms with Gasteiger partial charge in [-0.3, -0.25) is 0 Å². The smallest absolute Gasteiger partial charge is 0.165 e. The lowest BCUT2D eigenvalue weighted by Crippen LogP contribution is -2.13. The molecule has 0 unspecified atom stereocenters. The highest BCUT2D eigenvalue weighted by molar-refractivity contribution is 5.29. The van der Waals surface area contributed by atoms with Crippen LogP contribution in [0.15, 0.2) is 28.8 Å². The van der Waals surface area contributed by atoms with Crippen molar-refractivity contribution < 1.29 is 13.7 Å². The Morgan fingerprint density at radius 1 is 1.35 bits per heavy atom. The largest absolute Gasteiger partial charge is 0.484 e. The molecular formula is C15H19FN2O2. The molecule has 0 atom stereocenters. The fourth-order valence-corrected chi connectivity index (χ4v) is 1.82. The highest BCUT2D eigenvalue weighted by atomic mass is 19.1. The predicted octanol–water partition coefficient (Wildman–Crippen LogP) is 3.20. The van der Waals surface area contributed by atoms with Crippen LogP contribution in [-0.4, -0.2) is 11.7 Å². The highest BCUT2D eigenvalue weighted by Gasteiger charge is 2.07. The maximum atomic E-state index is 13.9. The van der Waals surface area contributed by atoms with Crippen LogP contribution in [-0.2, 0) is 13.2 Å². The Morgan fingerprint density at radius 2 is 2.20 bits per heavy atom. The van der Waals surface area contributed by atoms with Gasteiger partial charge in [0.15, 0.2) is 11.6 Å². The van der Waals surface area contributed by atoms with E-state index in [0.29, 0.717) is 18.0 Å². The quantitative estimate of drug-likeness (QED) is 0.790. The summed E-state index contributed by atoms with van der Waals surface area (Å²) in [6.07, 6.45) is 1.06. The maximum Gasteiger partial charge on any atom is 0.165 e. The molecule has 2 aromatic rings. The van der Waals surface area contributed by atoms with Crippen LogP contribution in [0.4, 0.5) is 4.39 Å². The molecule has 0 radical (unpaired) electrons. The van der Waals surface area contributed by atoms with Crippen molar-refractivity contribution in [3.63, 3.8) is 0 Å². The second kappa shape index (κ2) is 7.05. The second-order valence-corrected chi connectivity index (χ2v) is 4.66. The molecular weight excluding hydrogens is 259 g/mol. The summed E-state index contributed by atoms with van der Waals surface area (Å²) in [7, 11) is 0. The first-order valence-corrected chi connectivity index (χ1v) is 6.73. The lowest BCUT2D eigenvalue weighted by Gasteiger charge is -2.08. The van der Waals surface area contributed by atoms with E-state index in [1.807, 2.05) is 6.07 Å². The monoisotopic (exact) mass is 278 g/mol. The molecule has 1 N–H and O–H groups in total. The Bertz CT molecular complexity index is 555. The lowest BCUT2D eigenvalue weighted by atomic mass is 10.2. The standard InChI is InChI=1S/C15H19FN2O2/c1-3-6-17-9-12-4-5-15(14(16)8-12)19-10-13-7-11(2)20-18-13/h4-5,7-8,17H,3,6,9-10H2,1-2H3. The molecule has 1 aromatic heterocycles. The van der Waals surface area contributed by atoms with E-state index in [1.165, 1.54) is 6.07 Å². The Hall–Kier alpha value is -1.88. The fraction of sp³-hybridized carbons (Fsp3) is 0.400. The molecule has 2 rings (SSSR count). The topological polar surface area (TPSA) is 47.3 Å². The minimum Gasteiger partial charge on any atom is -0.484 e. The molecule has 20 heavy (non-hydrogen) atoms. The third kappa shape index (κ3) is 4.06. The molecule has 1 heterocycles. The van der Waals surface area contributed by atoms with Crippen molar-refractivity contribution >= 4 is 0 Å². The van der Waals surface area contributed by atoms with Gasteiger partial charge in [-0.05, 0) is 37.6 Å². The number of rotatable bonds is 7. The van der Waals surface area contributed by atoms with E-state index in [0.717, 1.165) is 18.5 Å². The number of ether oxygens (including phenoxy) is 1. The van der Waals surface area contributed by atoms with Crippen molar-refractivity contribution in [1.29, 1.82) is 0 Å². The summed E-state index contributed by atoms with van der Waals surface area (Å²) >= 11 is 0. The van der Waals surface area contributed by atoms with Crippen molar-refractivity contribution in [1.82, 2.24) is 10.5 Å². The van der Waals surface area contributed by atoms with Crippen LogP contribution >= 0.6 is 0 Å². The molecule has 1 aromatic carbocycles. The van der Waals surface area contributed by atoms with E-state index < -0.39 is 0 Å². The molecule has 0 aliphatic carbocycles. The summed E-state index contributed by atoms with van der Waals surface area (Å²) in [5, 5.41) is 7.02. The first-order chi connectivity index (χ1) is 9.69. The van der Waals surface area contributed by atoms with Crippen LogP contribution < -0.4 is 10.1 Å². The second-order valence-electron chi connectivity index (χ2n) is 4.66. The van der Waals surface area contributed by atoms with Crippen LogP contribution in [0.1, 0.15) is 30.4 Å². The van der Waals surface area contributed by atoms with Crippen molar-refractivity contribution in [2.45, 2.75) is 33.4 Å². The molecule has 0 saturated heterocycles. The van der Waals surface area contributed by atoms with Gasteiger partial charge in [-0.25, -0.2) is 4.39 Å². The number of halogens is 1. The Balaban J connectivity index is 1.92. The van der Waals surface area contributed by atoms with Gasteiger partial charge in [0.05, 0.1) is 0 Å². The highest BCUT2D eigenvalue weighted by Crippen LogP contribution is 2.19. The van der Waals surface area contributed by atoms with Crippen LogP contribution in [0.25, 0.3) is 0 Å². The average molecular weight is 278 g/mol. The molecule has 5 heteroatoms. The van der Waals surface area contributed by atoms with E-state index in [4.69, 9.17) is 9.26 Å². The summed E-state index contributed by atoms with van der Waals surface area (Å²) in [5.74, 6) is 0.576. The van der Waals surface area contributed by atoms with E-state index in [-0.39, 0.29) is 18.2 Å². The molecule has 0 aliphatic heterocycles. The van der Waals surface area contributed by atoms with E-state index in [2.05, 4.69) is 17.4 Å². The van der Waals surface area contributed by atoms with Crippen molar-refractivity contribution in [3.05, 3.63) is 47.1 Å². The molecule has 4 nitrogen and oxygen atoms in total. The third-order valence-electron chi connectivity index (χ3n) is 2.80. The Labute approximate surface area is 117 Å². The summed E-state index contributed by atoms with van der Waals surface area (Å²) in [5.41, 5.74) is 1.55. The Morgan fingerprint density at radius 3 is 2.85 bits per heavy atom. The minimum atomic E-state index is -0.360. The molecule has 0 bridgehead atoms. The third-order valence-corrected chi connectivity index (χ3v) is 2.80. The van der Waals surface area contributed by atoms with Crippen LogP contribution in [0.2, 0.25) is 0 Å². The molecule has 0 fully saturated rings. The Kier molecular flexibility index (Phi) is 5.12. The number of aryl methyl sites for hydroxylation is 1. The normalized spacial score (nSPS) is 10.8. The number of nitrogens with zero attached hydrogens (tertiary/aromatic N) is 1. The molecule has 0 saturated carbocycles. The zero-order chi connectivity index (χ0) is 14.4. The molecule has 0 amide bonds. The van der Waals surface area contributed by atoms with Crippen molar-refractivity contribution in [3.8, 4) is 5.75 Å². The van der Waals surface area contributed by atoms with Gasteiger partial charge in [-0.2, -0.15) is 0 Å². The van der Waals surface area contributed by atoms with E-state index >= 15 is 0 Å². The fourth-order valence-electron chi connectivity index (χ4n) is 1.82. The van der Waals surface area contributed by atoms with E-state index in [1.54, 1.807) is 19.1 Å². The first kappa shape index (κ1) is 14.5. The zero-order valence-corrected chi connectivity index (χ0v) is 11.8. The van der Waals surface area contributed by atoms with Crippen LogP contribution in [0.5, 0.6) is 5.75 Å². The number of benzene rings is 1. The van der Waals surface area contributed by atoms with Gasteiger partial charge in [0.25, 0.3) is 0 Å². The van der Waals surface area contributed by atoms with Gasteiger partial charge in [0.1, 0.15) is 18.1 Å². The van der Waals surface area contributed by atoms with Crippen LogP contribution in [0.3, 0.4) is 0 Å². The molecule has 0 spiro atoms. The maximum absolute atomic E-state index is 13.9. The number of aromatic nitrogens is 1. The van der Waals surface area contributed by atoms with Gasteiger partial charge in [-0.1, -0.05) is 18.1 Å². The zero-order valence-electron chi connectivity index (χ0n) is 11.8. The predicted molar refractivity (Wildman–Crippen MR) is 74.0 cm³/mol. The van der Waals surface area contributed by atoms with Crippen molar-refractivity contribution in [2.75, 3.05) is 6.54 Å². The van der Waals surface area contributed by atoms with Gasteiger partial charge >= 0.3 is 0 Å². The molecule has 108 valence electrons. The number of hydrogen-bond donors (Lipinski definition) is 1. The van der Waals surface area contributed by atoms with Gasteiger partial charge in [0.2, 0.25) is 0 Å². The molecule has 0 aliphatic rings. The average Bonchev–Trinajstić information content (AvgIpc) is 2.84. The summed E-state index contributed by atoms with van der Waals surface area (Å²) in [6.45, 7) is 5.67. The summed E-state index contributed by atoms with van der Waals surface area (Å²) < 4.78 is 24.2. The number of hydrogen-bond acceptors (Lipinski definition) is 4. The van der Waals surface area contributed by atoms with Crippen molar-refractivity contribution in [2.24, 2.45) is 0 Å².